The van der Waals surface area contributed by atoms with Crippen LogP contribution in [0, 0.1) is 24.2 Å². The zero-order valence-corrected chi connectivity index (χ0v) is 28.4. The molecule has 3 aromatic rings. The molecule has 0 unspecified atom stereocenters. The van der Waals surface area contributed by atoms with Crippen LogP contribution in [0.4, 0.5) is 0 Å². The number of hydrogen-bond donors (Lipinski definition) is 2. The first-order valence-corrected chi connectivity index (χ1v) is 16.9. The lowest BCUT2D eigenvalue weighted by Gasteiger charge is -2.41. The number of fused-ring (bicyclic) bond motifs is 1. The number of hydrogen-bond acceptors (Lipinski definition) is 6. The monoisotopic (exact) mass is 678 g/mol. The predicted octanol–water partition coefficient (Wildman–Crippen LogP) is 5.09. The maximum absolute atomic E-state index is 11.5. The molecule has 0 aromatic heterocycles. The number of rotatable bonds is 11. The molecule has 4 N–H and O–H groups in total. The fraction of sp³-hybridized carbons (Fsp3) is 0.444. The Morgan fingerprint density at radius 2 is 1.70 bits per heavy atom. The molecule has 5 rings (SSSR count). The lowest BCUT2D eigenvalue weighted by molar-refractivity contribution is -0.126. The van der Waals surface area contributed by atoms with E-state index in [0.717, 1.165) is 86.9 Å². The average molecular weight is 680 g/mol. The second-order valence-electron chi connectivity index (χ2n) is 12.6. The Kier molecular flexibility index (Phi) is 13.4. The number of benzene rings is 3. The maximum Gasteiger partial charge on any atom is 0.237 e. The first-order chi connectivity index (χ1) is 22.6. The number of piperidine rings is 2. The first-order valence-electron chi connectivity index (χ1n) is 16.2. The third-order valence-corrected chi connectivity index (χ3v) is 10.1. The van der Waals surface area contributed by atoms with Crippen molar-refractivity contribution in [3.05, 3.63) is 81.3 Å². The lowest BCUT2D eigenvalue weighted by atomic mass is 9.92. The summed E-state index contributed by atoms with van der Waals surface area (Å²) in [5.74, 6) is -0.683. The number of likely N-dealkylation sites (tertiary alicyclic amines) is 2. The van der Waals surface area contributed by atoms with Crippen LogP contribution >= 0.6 is 23.2 Å². The van der Waals surface area contributed by atoms with Crippen LogP contribution in [0.15, 0.2) is 54.6 Å². The molecule has 47 heavy (non-hydrogen) atoms. The summed E-state index contributed by atoms with van der Waals surface area (Å²) < 4.78 is 0. The summed E-state index contributed by atoms with van der Waals surface area (Å²) in [5.41, 5.74) is 13.6. The summed E-state index contributed by atoms with van der Waals surface area (Å²) in [6.45, 7) is 7.08. The van der Waals surface area contributed by atoms with Crippen molar-refractivity contribution in [1.82, 2.24) is 14.7 Å². The van der Waals surface area contributed by atoms with Gasteiger partial charge in [-0.15, -0.1) is 0 Å². The minimum atomic E-state index is -0.540. The number of aryl methyl sites for hydroxylation is 1. The van der Waals surface area contributed by atoms with Crippen LogP contribution in [0.3, 0.4) is 0 Å². The molecule has 2 aliphatic heterocycles. The van der Waals surface area contributed by atoms with Gasteiger partial charge >= 0.3 is 0 Å². The van der Waals surface area contributed by atoms with Gasteiger partial charge in [0.1, 0.15) is 0 Å². The highest BCUT2D eigenvalue weighted by molar-refractivity contribution is 6.42. The van der Waals surface area contributed by atoms with Gasteiger partial charge in [0, 0.05) is 24.4 Å². The Morgan fingerprint density at radius 1 is 1.00 bits per heavy atom. The Morgan fingerprint density at radius 3 is 2.32 bits per heavy atom. The van der Waals surface area contributed by atoms with Crippen molar-refractivity contribution in [2.75, 3.05) is 45.8 Å². The van der Waals surface area contributed by atoms with Crippen LogP contribution < -0.4 is 11.5 Å². The van der Waals surface area contributed by atoms with E-state index in [9.17, 15) is 14.4 Å². The molecule has 0 bridgehead atoms. The molecule has 3 aromatic carbocycles. The van der Waals surface area contributed by atoms with Crippen molar-refractivity contribution in [1.29, 1.82) is 5.26 Å². The molecule has 2 saturated heterocycles. The van der Waals surface area contributed by atoms with Crippen molar-refractivity contribution in [2.24, 2.45) is 17.4 Å². The number of carbonyl (C=O) groups is 3. The van der Waals surface area contributed by atoms with Gasteiger partial charge in [0.25, 0.3) is 0 Å². The molecular weight excluding hydrogens is 635 g/mol. The van der Waals surface area contributed by atoms with Gasteiger partial charge in [-0.25, -0.2) is 0 Å². The molecule has 1 atom stereocenters. The smallest absolute Gasteiger partial charge is 0.237 e. The topological polar surface area (TPSA) is 137 Å². The number of carbonyl (C=O) groups excluding carboxylic acids is 3. The van der Waals surface area contributed by atoms with Gasteiger partial charge in [-0.05, 0) is 118 Å². The predicted molar refractivity (Wildman–Crippen MR) is 187 cm³/mol. The zero-order valence-electron chi connectivity index (χ0n) is 26.9. The molecule has 0 aliphatic carbocycles. The highest BCUT2D eigenvalue weighted by Gasteiger charge is 2.30. The fourth-order valence-electron chi connectivity index (χ4n) is 6.72. The maximum atomic E-state index is 11.5. The summed E-state index contributed by atoms with van der Waals surface area (Å²) in [6.07, 6.45) is 5.40. The quantitative estimate of drug-likeness (QED) is 0.271. The Hall–Kier alpha value is -3.68. The molecule has 0 radical (unpaired) electrons. The van der Waals surface area contributed by atoms with Gasteiger partial charge < -0.3 is 26.2 Å². The highest BCUT2D eigenvalue weighted by atomic mass is 35.5. The number of primary amides is 2. The van der Waals surface area contributed by atoms with E-state index in [1.54, 1.807) is 6.07 Å². The van der Waals surface area contributed by atoms with E-state index in [-0.39, 0.29) is 24.3 Å². The van der Waals surface area contributed by atoms with Gasteiger partial charge in [0.15, 0.2) is 0 Å². The summed E-state index contributed by atoms with van der Waals surface area (Å²) in [7, 11) is 0. The lowest BCUT2D eigenvalue weighted by Crippen LogP contribution is -2.49. The van der Waals surface area contributed by atoms with Crippen LogP contribution in [-0.2, 0) is 14.4 Å². The molecular formula is C36H44Cl2N6O3. The molecule has 11 heteroatoms. The van der Waals surface area contributed by atoms with E-state index in [2.05, 4.69) is 21.9 Å². The van der Waals surface area contributed by atoms with E-state index >= 15 is 0 Å². The van der Waals surface area contributed by atoms with Crippen LogP contribution in [-0.4, -0.2) is 84.8 Å². The van der Waals surface area contributed by atoms with E-state index in [4.69, 9.17) is 39.9 Å². The number of nitriles is 1. The number of nitrogens with two attached hydrogens (primary N) is 2. The van der Waals surface area contributed by atoms with Crippen LogP contribution in [0.2, 0.25) is 10.0 Å². The van der Waals surface area contributed by atoms with Crippen molar-refractivity contribution in [3.63, 3.8) is 0 Å². The minimum absolute atomic E-state index is 0.00451. The minimum Gasteiger partial charge on any atom is -0.369 e. The van der Waals surface area contributed by atoms with Crippen LogP contribution in [0.1, 0.15) is 54.7 Å². The van der Waals surface area contributed by atoms with Gasteiger partial charge in [0.05, 0.1) is 28.2 Å². The van der Waals surface area contributed by atoms with Gasteiger partial charge in [0.2, 0.25) is 18.2 Å². The highest BCUT2D eigenvalue weighted by Crippen LogP contribution is 2.30. The molecule has 2 aliphatic rings. The molecule has 3 amide bonds. The molecule has 2 fully saturated rings. The van der Waals surface area contributed by atoms with E-state index in [0.29, 0.717) is 29.0 Å². The second kappa shape index (κ2) is 17.5. The summed E-state index contributed by atoms with van der Waals surface area (Å²) in [6, 6.07) is 20.2. The molecule has 250 valence electrons. The van der Waals surface area contributed by atoms with Gasteiger partial charge in [-0.1, -0.05) is 53.5 Å². The van der Waals surface area contributed by atoms with Crippen molar-refractivity contribution >= 4 is 52.2 Å². The number of halogens is 2. The summed E-state index contributed by atoms with van der Waals surface area (Å²) in [4.78, 5) is 40.7. The summed E-state index contributed by atoms with van der Waals surface area (Å²) >= 11 is 12.3. The van der Waals surface area contributed by atoms with E-state index in [1.165, 1.54) is 10.3 Å². The normalized spacial score (nSPS) is 16.9. The van der Waals surface area contributed by atoms with E-state index < -0.39 is 5.91 Å². The largest absolute Gasteiger partial charge is 0.369 e. The SMILES string of the molecule is Cc1cc(C#N)cc2ccccc12.NC(=O)CN(C=O)C[C@@H](CCN1CCC(N2CCC(C(N)=O)CC2)CC1)c1ccc(Cl)c(Cl)c1. The Bertz CT molecular complexity index is 1580. The molecule has 0 saturated carbocycles. The van der Waals surface area contributed by atoms with Crippen LogP contribution in [0.5, 0.6) is 0 Å². The third-order valence-electron chi connectivity index (χ3n) is 9.37. The van der Waals surface area contributed by atoms with Crippen LogP contribution in [0.25, 0.3) is 10.8 Å². The molecule has 0 spiro atoms. The zero-order chi connectivity index (χ0) is 33.9. The average Bonchev–Trinajstić information content (AvgIpc) is 3.07. The van der Waals surface area contributed by atoms with Gasteiger partial charge in [-0.2, -0.15) is 5.26 Å². The molecule has 2 heterocycles. The van der Waals surface area contributed by atoms with E-state index in [1.807, 2.05) is 49.4 Å². The fourth-order valence-corrected chi connectivity index (χ4v) is 7.03. The number of nitrogens with zero attached hydrogens (tertiary/aromatic N) is 4. The summed E-state index contributed by atoms with van der Waals surface area (Å²) in [5, 5.41) is 12.1. The standard InChI is InChI=1S/C24H35Cl2N5O3.C12H9N/c25-21-2-1-18(13-22(21)26)19(14-30(16-32)15-23(27)33)3-8-29-9-6-20(7-10-29)31-11-4-17(5-12-31)24(28)34;1-9-6-10(8-13)7-11-4-2-3-5-12(9)11/h1-2,13,16-17,19-20H,3-12,14-15H2,(H2,27,33)(H2,28,34);2-7H,1H3/t19-;/m1./s1. The second-order valence-corrected chi connectivity index (χ2v) is 13.4. The Balaban J connectivity index is 0.000000318. The Labute approximate surface area is 287 Å². The first kappa shape index (κ1) is 36.2. The van der Waals surface area contributed by atoms with Crippen molar-refractivity contribution in [3.8, 4) is 6.07 Å². The van der Waals surface area contributed by atoms with Crippen molar-refractivity contribution < 1.29 is 14.4 Å². The number of amides is 3. The third kappa shape index (κ3) is 10.4. The van der Waals surface area contributed by atoms with Crippen molar-refractivity contribution in [2.45, 2.75) is 51.0 Å². The molecule has 9 nitrogen and oxygen atoms in total. The van der Waals surface area contributed by atoms with Gasteiger partial charge in [-0.3, -0.25) is 14.4 Å².